The molecule has 3 heterocycles. The summed E-state index contributed by atoms with van der Waals surface area (Å²) in [6, 6.07) is 6.85. The standard InChI is InChI=1S/C20H22N4O4S2/c1-13-6-7-16(10-14(13)2)23-30(26,27)17-11-15(12-29-17)18-21-22-19(28-18)20(25)24-8-4-3-5-9-24/h6-7,10-12,23H,3-5,8-9H2,1-2H3. The Bertz CT molecular complexity index is 1180. The van der Waals surface area contributed by atoms with E-state index in [1.807, 2.05) is 19.9 Å². The molecule has 1 saturated heterocycles. The number of carbonyl (C=O) groups is 1. The van der Waals surface area contributed by atoms with Gasteiger partial charge in [-0.25, -0.2) is 8.42 Å². The van der Waals surface area contributed by atoms with Crippen molar-refractivity contribution in [3.63, 3.8) is 0 Å². The number of benzene rings is 1. The van der Waals surface area contributed by atoms with Crippen LogP contribution in [0.3, 0.4) is 0 Å². The molecular weight excluding hydrogens is 424 g/mol. The van der Waals surface area contributed by atoms with Gasteiger partial charge in [0.05, 0.1) is 5.56 Å². The number of anilines is 1. The molecule has 158 valence electrons. The first-order valence-electron chi connectivity index (χ1n) is 9.65. The van der Waals surface area contributed by atoms with Crippen LogP contribution in [0.1, 0.15) is 41.1 Å². The molecule has 1 aliphatic rings. The van der Waals surface area contributed by atoms with Crippen molar-refractivity contribution in [3.8, 4) is 11.5 Å². The van der Waals surface area contributed by atoms with Gasteiger partial charge in [-0.15, -0.1) is 21.5 Å². The van der Waals surface area contributed by atoms with Crippen molar-refractivity contribution in [2.45, 2.75) is 37.3 Å². The van der Waals surface area contributed by atoms with Gasteiger partial charge in [0, 0.05) is 24.2 Å². The van der Waals surface area contributed by atoms with E-state index in [-0.39, 0.29) is 21.9 Å². The molecule has 1 aromatic carbocycles. The minimum atomic E-state index is -3.75. The zero-order valence-corrected chi connectivity index (χ0v) is 18.3. The predicted octanol–water partition coefficient (Wildman–Crippen LogP) is 3.84. The second-order valence-electron chi connectivity index (χ2n) is 7.32. The lowest BCUT2D eigenvalue weighted by Gasteiger charge is -2.24. The first-order chi connectivity index (χ1) is 14.3. The highest BCUT2D eigenvalue weighted by molar-refractivity contribution is 7.94. The molecule has 2 aromatic heterocycles. The third-order valence-corrected chi connectivity index (χ3v) is 7.92. The number of nitrogens with zero attached hydrogens (tertiary/aromatic N) is 3. The van der Waals surface area contributed by atoms with Gasteiger partial charge in [0.1, 0.15) is 4.21 Å². The fourth-order valence-corrected chi connectivity index (χ4v) is 5.44. The lowest BCUT2D eigenvalue weighted by molar-refractivity contribution is 0.0684. The van der Waals surface area contributed by atoms with Gasteiger partial charge in [-0.1, -0.05) is 6.07 Å². The van der Waals surface area contributed by atoms with Crippen molar-refractivity contribution < 1.29 is 17.6 Å². The number of likely N-dealkylation sites (tertiary alicyclic amines) is 1. The fraction of sp³-hybridized carbons (Fsp3) is 0.350. The zero-order valence-electron chi connectivity index (χ0n) is 16.7. The van der Waals surface area contributed by atoms with E-state index in [0.29, 0.717) is 24.3 Å². The van der Waals surface area contributed by atoms with E-state index >= 15 is 0 Å². The fourth-order valence-electron chi connectivity index (χ4n) is 3.24. The van der Waals surface area contributed by atoms with E-state index in [1.165, 1.54) is 6.07 Å². The third kappa shape index (κ3) is 4.24. The number of aromatic nitrogens is 2. The van der Waals surface area contributed by atoms with Crippen LogP contribution in [0.4, 0.5) is 5.69 Å². The van der Waals surface area contributed by atoms with Crippen molar-refractivity contribution >= 4 is 33.0 Å². The summed E-state index contributed by atoms with van der Waals surface area (Å²) in [6.45, 7) is 5.26. The van der Waals surface area contributed by atoms with Crippen LogP contribution in [-0.4, -0.2) is 42.5 Å². The molecule has 0 aliphatic carbocycles. The molecule has 30 heavy (non-hydrogen) atoms. The number of sulfonamides is 1. The Labute approximate surface area is 179 Å². The molecule has 1 N–H and O–H groups in total. The van der Waals surface area contributed by atoms with Crippen LogP contribution >= 0.6 is 11.3 Å². The summed E-state index contributed by atoms with van der Waals surface area (Å²) in [5.41, 5.74) is 3.05. The third-order valence-electron chi connectivity index (χ3n) is 5.10. The highest BCUT2D eigenvalue weighted by Crippen LogP contribution is 2.29. The smallest absolute Gasteiger partial charge is 0.311 e. The molecule has 8 nitrogen and oxygen atoms in total. The molecule has 0 spiro atoms. The van der Waals surface area contributed by atoms with Gasteiger partial charge in [-0.2, -0.15) is 0 Å². The molecule has 1 amide bonds. The molecule has 10 heteroatoms. The van der Waals surface area contributed by atoms with E-state index in [2.05, 4.69) is 14.9 Å². The van der Waals surface area contributed by atoms with Crippen molar-refractivity contribution in [2.75, 3.05) is 17.8 Å². The Morgan fingerprint density at radius 2 is 1.87 bits per heavy atom. The normalized spacial score (nSPS) is 14.7. The number of rotatable bonds is 5. The summed E-state index contributed by atoms with van der Waals surface area (Å²) >= 11 is 1.05. The lowest BCUT2D eigenvalue weighted by Crippen LogP contribution is -2.35. The van der Waals surface area contributed by atoms with Gasteiger partial charge in [-0.05, 0) is 62.4 Å². The molecule has 3 aromatic rings. The maximum atomic E-state index is 12.7. The monoisotopic (exact) mass is 446 g/mol. The van der Waals surface area contributed by atoms with Crippen LogP contribution in [0.5, 0.6) is 0 Å². The van der Waals surface area contributed by atoms with E-state index in [4.69, 9.17) is 4.42 Å². The highest BCUT2D eigenvalue weighted by atomic mass is 32.2. The lowest BCUT2D eigenvalue weighted by atomic mass is 10.1. The summed E-state index contributed by atoms with van der Waals surface area (Å²) in [5.74, 6) is -0.233. The topological polar surface area (TPSA) is 105 Å². The molecule has 0 radical (unpaired) electrons. The van der Waals surface area contributed by atoms with E-state index < -0.39 is 10.0 Å². The van der Waals surface area contributed by atoms with Crippen LogP contribution in [0.25, 0.3) is 11.5 Å². The average molecular weight is 447 g/mol. The molecule has 1 aliphatic heterocycles. The van der Waals surface area contributed by atoms with Gasteiger partial charge in [0.2, 0.25) is 5.89 Å². The highest BCUT2D eigenvalue weighted by Gasteiger charge is 2.25. The Morgan fingerprint density at radius 1 is 1.10 bits per heavy atom. The summed E-state index contributed by atoms with van der Waals surface area (Å²) < 4.78 is 33.7. The van der Waals surface area contributed by atoms with Crippen molar-refractivity contribution in [1.82, 2.24) is 15.1 Å². The minimum absolute atomic E-state index is 0.0734. The molecule has 1 fully saturated rings. The molecule has 4 rings (SSSR count). The first-order valence-corrected chi connectivity index (χ1v) is 12.0. The number of thiophene rings is 1. The maximum Gasteiger partial charge on any atom is 0.311 e. The maximum absolute atomic E-state index is 12.7. The molecule has 0 saturated carbocycles. The van der Waals surface area contributed by atoms with Crippen LogP contribution in [-0.2, 0) is 10.0 Å². The number of amides is 1. The van der Waals surface area contributed by atoms with Crippen molar-refractivity contribution in [1.29, 1.82) is 0 Å². The predicted molar refractivity (Wildman–Crippen MR) is 114 cm³/mol. The number of nitrogens with one attached hydrogen (secondary N) is 1. The summed E-state index contributed by atoms with van der Waals surface area (Å²) in [4.78, 5) is 14.2. The Kier molecular flexibility index (Phi) is 5.61. The second kappa shape index (κ2) is 8.19. The van der Waals surface area contributed by atoms with E-state index in [1.54, 1.807) is 22.4 Å². The Balaban J connectivity index is 1.51. The number of piperidine rings is 1. The summed E-state index contributed by atoms with van der Waals surface area (Å²) in [7, 11) is -3.75. The molecule has 0 atom stereocenters. The summed E-state index contributed by atoms with van der Waals surface area (Å²) in [6.07, 6.45) is 3.04. The summed E-state index contributed by atoms with van der Waals surface area (Å²) in [5, 5.41) is 9.41. The number of carbonyl (C=O) groups excluding carboxylic acids is 1. The minimum Gasteiger partial charge on any atom is -0.412 e. The number of hydrogen-bond acceptors (Lipinski definition) is 7. The van der Waals surface area contributed by atoms with Crippen LogP contribution in [0.2, 0.25) is 0 Å². The quantitative estimate of drug-likeness (QED) is 0.638. The van der Waals surface area contributed by atoms with Crippen LogP contribution < -0.4 is 4.72 Å². The van der Waals surface area contributed by atoms with Gasteiger partial charge in [0.15, 0.2) is 0 Å². The van der Waals surface area contributed by atoms with E-state index in [0.717, 1.165) is 41.7 Å². The van der Waals surface area contributed by atoms with Gasteiger partial charge in [0.25, 0.3) is 10.0 Å². The van der Waals surface area contributed by atoms with Gasteiger partial charge < -0.3 is 9.32 Å². The van der Waals surface area contributed by atoms with E-state index in [9.17, 15) is 13.2 Å². The van der Waals surface area contributed by atoms with Crippen LogP contribution in [0.15, 0.2) is 38.3 Å². The zero-order chi connectivity index (χ0) is 21.3. The number of aryl methyl sites for hydroxylation is 2. The molecule has 0 bridgehead atoms. The van der Waals surface area contributed by atoms with Crippen molar-refractivity contribution in [2.24, 2.45) is 0 Å². The number of hydrogen-bond donors (Lipinski definition) is 1. The first kappa shape index (κ1) is 20.5. The second-order valence-corrected chi connectivity index (χ2v) is 10.1. The SMILES string of the molecule is Cc1ccc(NS(=O)(=O)c2cc(-c3nnc(C(=O)N4CCCCC4)o3)cs2)cc1C. The Morgan fingerprint density at radius 3 is 2.60 bits per heavy atom. The average Bonchev–Trinajstić information content (AvgIpc) is 3.40. The molecular formula is C20H22N4O4S2. The van der Waals surface area contributed by atoms with Crippen LogP contribution in [0, 0.1) is 13.8 Å². The van der Waals surface area contributed by atoms with Gasteiger partial charge in [-0.3, -0.25) is 9.52 Å². The molecule has 0 unspecified atom stereocenters. The largest absolute Gasteiger partial charge is 0.412 e. The van der Waals surface area contributed by atoms with Crippen molar-refractivity contribution in [3.05, 3.63) is 46.7 Å². The van der Waals surface area contributed by atoms with Gasteiger partial charge >= 0.3 is 11.8 Å². The Hall–Kier alpha value is -2.72.